The molecule has 2 aliphatic carbocycles. The van der Waals surface area contributed by atoms with Crippen molar-refractivity contribution in [1.29, 1.82) is 0 Å². The second-order valence-corrected chi connectivity index (χ2v) is 6.16. The number of hydrogen-bond donors (Lipinski definition) is 1. The molecule has 2 nitrogen and oxygen atoms in total. The van der Waals surface area contributed by atoms with Gasteiger partial charge in [-0.2, -0.15) is 13.2 Å². The highest BCUT2D eigenvalue weighted by atomic mass is 19.4. The van der Waals surface area contributed by atoms with Crippen LogP contribution in [0.15, 0.2) is 0 Å². The Bertz CT molecular complexity index is 289. The smallest absolute Gasteiger partial charge is 0.385 e. The lowest BCUT2D eigenvalue weighted by Crippen LogP contribution is -2.47. The van der Waals surface area contributed by atoms with Crippen LogP contribution in [0, 0.1) is 11.3 Å². The summed E-state index contributed by atoms with van der Waals surface area (Å²) in [5.74, 6) is -1.15. The maximum atomic E-state index is 13.0. The molecule has 0 radical (unpaired) electrons. The summed E-state index contributed by atoms with van der Waals surface area (Å²) in [6, 6.07) is -0.381. The fourth-order valence-corrected chi connectivity index (χ4v) is 3.13. The van der Waals surface area contributed by atoms with Gasteiger partial charge < -0.3 is 10.1 Å². The van der Waals surface area contributed by atoms with Gasteiger partial charge in [0.2, 0.25) is 0 Å². The van der Waals surface area contributed by atoms with Crippen molar-refractivity contribution >= 4 is 0 Å². The summed E-state index contributed by atoms with van der Waals surface area (Å²) < 4.78 is 44.0. The molecule has 0 aromatic heterocycles. The molecular weight excluding hydrogens is 255 g/mol. The van der Waals surface area contributed by atoms with Crippen molar-refractivity contribution in [3.8, 4) is 0 Å². The van der Waals surface area contributed by atoms with Crippen molar-refractivity contribution in [2.45, 2.75) is 57.2 Å². The summed E-state index contributed by atoms with van der Waals surface area (Å²) >= 11 is 0. The number of rotatable bonds is 6. The van der Waals surface area contributed by atoms with Crippen molar-refractivity contribution in [2.24, 2.45) is 11.3 Å². The number of alkyl halides is 3. The maximum absolute atomic E-state index is 13.0. The highest BCUT2D eigenvalue weighted by Crippen LogP contribution is 2.48. The molecule has 5 heteroatoms. The van der Waals surface area contributed by atoms with E-state index in [0.717, 1.165) is 25.7 Å². The number of halogens is 3. The number of ether oxygens (including phenoxy) is 1. The normalized spacial score (nSPS) is 30.3. The molecule has 0 aromatic rings. The van der Waals surface area contributed by atoms with Crippen LogP contribution in [-0.2, 0) is 4.74 Å². The van der Waals surface area contributed by atoms with E-state index < -0.39 is 12.1 Å². The first-order valence-electron chi connectivity index (χ1n) is 7.26. The molecular formula is C14H24F3NO. The SMILES string of the molecule is COCCC1(CNC2CCCCC2C(F)(F)F)CC1. The summed E-state index contributed by atoms with van der Waals surface area (Å²) in [7, 11) is 1.67. The highest BCUT2D eigenvalue weighted by molar-refractivity contribution is 4.96. The molecule has 0 aliphatic heterocycles. The summed E-state index contributed by atoms with van der Waals surface area (Å²) in [5, 5.41) is 3.21. The van der Waals surface area contributed by atoms with Crippen LogP contribution in [0.2, 0.25) is 0 Å². The monoisotopic (exact) mass is 279 g/mol. The van der Waals surface area contributed by atoms with Gasteiger partial charge >= 0.3 is 6.18 Å². The first-order chi connectivity index (χ1) is 8.97. The summed E-state index contributed by atoms with van der Waals surface area (Å²) in [6.45, 7) is 1.42. The number of nitrogens with one attached hydrogen (secondary N) is 1. The van der Waals surface area contributed by atoms with Crippen molar-refractivity contribution in [1.82, 2.24) is 5.32 Å². The Morgan fingerprint density at radius 1 is 1.21 bits per heavy atom. The Hall–Kier alpha value is -0.290. The van der Waals surface area contributed by atoms with Gasteiger partial charge in [0.25, 0.3) is 0 Å². The maximum Gasteiger partial charge on any atom is 0.393 e. The Morgan fingerprint density at radius 2 is 1.89 bits per heavy atom. The summed E-state index contributed by atoms with van der Waals surface area (Å²) in [4.78, 5) is 0. The van der Waals surface area contributed by atoms with Crippen LogP contribution in [0.3, 0.4) is 0 Å². The fourth-order valence-electron chi connectivity index (χ4n) is 3.13. The van der Waals surface area contributed by atoms with Crippen LogP contribution < -0.4 is 5.32 Å². The third-order valence-corrected chi connectivity index (χ3v) is 4.72. The van der Waals surface area contributed by atoms with E-state index in [1.807, 2.05) is 0 Å². The average molecular weight is 279 g/mol. The van der Waals surface area contributed by atoms with Gasteiger partial charge in [0, 0.05) is 26.3 Å². The first-order valence-corrected chi connectivity index (χ1v) is 7.26. The van der Waals surface area contributed by atoms with Crippen molar-refractivity contribution in [3.63, 3.8) is 0 Å². The van der Waals surface area contributed by atoms with E-state index >= 15 is 0 Å². The van der Waals surface area contributed by atoms with Gasteiger partial charge in [0.05, 0.1) is 5.92 Å². The molecule has 2 fully saturated rings. The Balaban J connectivity index is 1.83. The van der Waals surface area contributed by atoms with E-state index in [0.29, 0.717) is 26.0 Å². The van der Waals surface area contributed by atoms with Crippen molar-refractivity contribution in [3.05, 3.63) is 0 Å². The molecule has 2 aliphatic rings. The highest BCUT2D eigenvalue weighted by Gasteiger charge is 2.47. The minimum Gasteiger partial charge on any atom is -0.385 e. The fraction of sp³-hybridized carbons (Fsp3) is 1.00. The largest absolute Gasteiger partial charge is 0.393 e. The lowest BCUT2D eigenvalue weighted by molar-refractivity contribution is -0.189. The summed E-state index contributed by atoms with van der Waals surface area (Å²) in [6.07, 6.45) is 1.70. The van der Waals surface area contributed by atoms with Crippen LogP contribution in [0.4, 0.5) is 13.2 Å². The van der Waals surface area contributed by atoms with Gasteiger partial charge in [-0.1, -0.05) is 12.8 Å². The second kappa shape index (κ2) is 6.00. The molecule has 2 atom stereocenters. The third-order valence-electron chi connectivity index (χ3n) is 4.72. The van der Waals surface area contributed by atoms with E-state index in [4.69, 9.17) is 4.74 Å². The Kier molecular flexibility index (Phi) is 4.77. The van der Waals surface area contributed by atoms with E-state index in [1.54, 1.807) is 7.11 Å². The van der Waals surface area contributed by atoms with E-state index in [1.165, 1.54) is 0 Å². The molecule has 0 bridgehead atoms. The molecule has 0 heterocycles. The standard InChI is InChI=1S/C14H24F3NO/c1-19-9-8-13(6-7-13)10-18-12-5-3-2-4-11(12)14(15,16)17/h11-12,18H,2-10H2,1H3. The van der Waals surface area contributed by atoms with Crippen LogP contribution in [0.25, 0.3) is 0 Å². The zero-order valence-corrected chi connectivity index (χ0v) is 11.6. The zero-order valence-electron chi connectivity index (χ0n) is 11.6. The van der Waals surface area contributed by atoms with E-state index in [9.17, 15) is 13.2 Å². The molecule has 2 rings (SSSR count). The van der Waals surface area contributed by atoms with Gasteiger partial charge in [-0.15, -0.1) is 0 Å². The van der Waals surface area contributed by atoms with Crippen LogP contribution in [-0.4, -0.2) is 32.5 Å². The molecule has 1 N–H and O–H groups in total. The molecule has 2 saturated carbocycles. The van der Waals surface area contributed by atoms with Crippen LogP contribution >= 0.6 is 0 Å². The van der Waals surface area contributed by atoms with Gasteiger partial charge in [0.15, 0.2) is 0 Å². The zero-order chi connectivity index (χ0) is 13.9. The minimum atomic E-state index is -4.05. The van der Waals surface area contributed by atoms with Gasteiger partial charge in [-0.3, -0.25) is 0 Å². The summed E-state index contributed by atoms with van der Waals surface area (Å²) in [5.41, 5.74) is 0.212. The molecule has 0 amide bonds. The predicted octanol–water partition coefficient (Wildman–Crippen LogP) is 3.51. The van der Waals surface area contributed by atoms with Gasteiger partial charge in [0.1, 0.15) is 0 Å². The molecule has 0 aromatic carbocycles. The Labute approximate surface area is 113 Å². The van der Waals surface area contributed by atoms with Crippen LogP contribution in [0.5, 0.6) is 0 Å². The van der Waals surface area contributed by atoms with Crippen molar-refractivity contribution < 1.29 is 17.9 Å². The molecule has 112 valence electrons. The number of hydrogen-bond acceptors (Lipinski definition) is 2. The van der Waals surface area contributed by atoms with Gasteiger partial charge in [-0.25, -0.2) is 0 Å². The van der Waals surface area contributed by atoms with E-state index in [2.05, 4.69) is 5.32 Å². The van der Waals surface area contributed by atoms with E-state index in [-0.39, 0.29) is 17.9 Å². The number of methoxy groups -OCH3 is 1. The lowest BCUT2D eigenvalue weighted by Gasteiger charge is -2.34. The minimum absolute atomic E-state index is 0.212. The average Bonchev–Trinajstić information content (AvgIpc) is 3.14. The van der Waals surface area contributed by atoms with Crippen LogP contribution in [0.1, 0.15) is 44.9 Å². The Morgan fingerprint density at radius 3 is 2.47 bits per heavy atom. The third kappa shape index (κ3) is 4.09. The first kappa shape index (κ1) is 15.1. The van der Waals surface area contributed by atoms with Crippen molar-refractivity contribution in [2.75, 3.05) is 20.3 Å². The predicted molar refractivity (Wildman–Crippen MR) is 68.0 cm³/mol. The topological polar surface area (TPSA) is 21.3 Å². The lowest BCUT2D eigenvalue weighted by atomic mass is 9.83. The van der Waals surface area contributed by atoms with Gasteiger partial charge in [-0.05, 0) is 37.5 Å². The molecule has 0 spiro atoms. The molecule has 19 heavy (non-hydrogen) atoms. The second-order valence-electron chi connectivity index (χ2n) is 6.16. The quantitative estimate of drug-likeness (QED) is 0.803. The molecule has 0 saturated heterocycles. The molecule has 2 unspecified atom stereocenters.